The minimum Gasteiger partial charge on any atom is -0.455 e. The first-order valence-corrected chi connectivity index (χ1v) is 9.88. The van der Waals surface area contributed by atoms with Crippen molar-refractivity contribution >= 4 is 29.9 Å². The number of nitrogens with one attached hydrogen (secondary N) is 1. The molecule has 1 fully saturated rings. The fourth-order valence-electron chi connectivity index (χ4n) is 2.42. The maximum Gasteiger partial charge on any atom is 0.306 e. The molecule has 9 heteroatoms. The van der Waals surface area contributed by atoms with Gasteiger partial charge >= 0.3 is 11.9 Å². The second kappa shape index (κ2) is 12.1. The molecular weight excluding hydrogens is 362 g/mol. The zero-order valence-corrected chi connectivity index (χ0v) is 16.4. The van der Waals surface area contributed by atoms with Crippen LogP contribution in [0.15, 0.2) is 0 Å². The number of hydrogen-bond acceptors (Lipinski definition) is 8. The molecule has 1 heterocycles. The number of esters is 2. The van der Waals surface area contributed by atoms with E-state index in [0.717, 1.165) is 12.0 Å². The maximum atomic E-state index is 12.0. The van der Waals surface area contributed by atoms with Crippen LogP contribution in [0.4, 0.5) is 0 Å². The standard InChI is InChI=1S/C17H29NO7S/c1-4-7-12(20)18-17-16(24-14(22)9-6-3)15(11(10-19)25-26-17)23-13(21)8-5-2/h11,15-17,19H,4-10H2,1-3H3,(H,18,20)/t11-,15-,16+,17+/m1/s1. The summed E-state index contributed by atoms with van der Waals surface area (Å²) in [4.78, 5) is 36.0. The molecule has 1 aliphatic heterocycles. The van der Waals surface area contributed by atoms with Gasteiger partial charge in [0.2, 0.25) is 5.91 Å². The quantitative estimate of drug-likeness (QED) is 0.427. The summed E-state index contributed by atoms with van der Waals surface area (Å²) in [5.74, 6) is -1.14. The van der Waals surface area contributed by atoms with E-state index in [9.17, 15) is 19.5 Å². The SMILES string of the molecule is CCCC(=O)N[C@H]1SO[C@H](CO)[C@@H](OC(=O)CCC)[C@@H]1OC(=O)CCC. The second-order valence-corrected chi connectivity index (χ2v) is 6.95. The molecule has 1 saturated heterocycles. The van der Waals surface area contributed by atoms with E-state index < -0.39 is 42.2 Å². The second-order valence-electron chi connectivity index (χ2n) is 6.06. The molecule has 2 N–H and O–H groups in total. The monoisotopic (exact) mass is 391 g/mol. The van der Waals surface area contributed by atoms with Crippen LogP contribution in [0, 0.1) is 0 Å². The molecule has 0 radical (unpaired) electrons. The summed E-state index contributed by atoms with van der Waals surface area (Å²) in [7, 11) is 0. The number of aliphatic hydroxyl groups is 1. The van der Waals surface area contributed by atoms with Crippen molar-refractivity contribution in [1.82, 2.24) is 5.32 Å². The Balaban J connectivity index is 2.98. The van der Waals surface area contributed by atoms with Gasteiger partial charge in [-0.1, -0.05) is 20.8 Å². The molecule has 0 unspecified atom stereocenters. The van der Waals surface area contributed by atoms with Gasteiger partial charge in [-0.25, -0.2) is 0 Å². The molecule has 4 atom stereocenters. The molecule has 0 aliphatic carbocycles. The molecule has 1 rings (SSSR count). The van der Waals surface area contributed by atoms with E-state index in [-0.39, 0.29) is 18.7 Å². The Kier molecular flexibility index (Phi) is 10.6. The van der Waals surface area contributed by atoms with E-state index in [1.54, 1.807) is 0 Å². The maximum absolute atomic E-state index is 12.0. The number of hydrogen-bond donors (Lipinski definition) is 2. The van der Waals surface area contributed by atoms with Gasteiger partial charge in [-0.3, -0.25) is 14.4 Å². The van der Waals surface area contributed by atoms with Gasteiger partial charge in [0.1, 0.15) is 11.5 Å². The first-order chi connectivity index (χ1) is 12.5. The third kappa shape index (κ3) is 7.13. The van der Waals surface area contributed by atoms with Gasteiger partial charge in [0.05, 0.1) is 6.61 Å². The minimum absolute atomic E-state index is 0.199. The Morgan fingerprint density at radius 3 is 2.00 bits per heavy atom. The molecular formula is C17H29NO7S. The molecule has 8 nitrogen and oxygen atoms in total. The Morgan fingerprint density at radius 2 is 1.50 bits per heavy atom. The Hall–Kier alpha value is -1.32. The fourth-order valence-corrected chi connectivity index (χ4v) is 3.36. The van der Waals surface area contributed by atoms with Crippen LogP contribution in [-0.2, 0) is 28.0 Å². The van der Waals surface area contributed by atoms with Gasteiger partial charge in [0.25, 0.3) is 0 Å². The number of carbonyl (C=O) groups excluding carboxylic acids is 3. The van der Waals surface area contributed by atoms with E-state index in [1.807, 2.05) is 20.8 Å². The first-order valence-electron chi connectivity index (χ1n) is 9.08. The number of rotatable bonds is 10. The third-order valence-electron chi connectivity index (χ3n) is 3.68. The number of ether oxygens (including phenoxy) is 2. The van der Waals surface area contributed by atoms with Crippen molar-refractivity contribution in [3.8, 4) is 0 Å². The summed E-state index contributed by atoms with van der Waals surface area (Å²) in [6.07, 6.45) is -0.191. The minimum atomic E-state index is -0.993. The Labute approximate surface area is 158 Å². The van der Waals surface area contributed by atoms with Crippen LogP contribution in [0.1, 0.15) is 59.3 Å². The van der Waals surface area contributed by atoms with Gasteiger partial charge in [-0.15, -0.1) is 0 Å². The highest BCUT2D eigenvalue weighted by Gasteiger charge is 2.46. The predicted molar refractivity (Wildman–Crippen MR) is 96.0 cm³/mol. The molecule has 1 aliphatic rings. The molecule has 150 valence electrons. The smallest absolute Gasteiger partial charge is 0.306 e. The topological polar surface area (TPSA) is 111 Å². The van der Waals surface area contributed by atoms with Gasteiger partial charge in [-0.2, -0.15) is 0 Å². The highest BCUT2D eigenvalue weighted by molar-refractivity contribution is 7.95. The lowest BCUT2D eigenvalue weighted by molar-refractivity contribution is -0.181. The van der Waals surface area contributed by atoms with E-state index in [4.69, 9.17) is 13.7 Å². The summed E-state index contributed by atoms with van der Waals surface area (Å²) < 4.78 is 16.4. The van der Waals surface area contributed by atoms with Crippen LogP contribution < -0.4 is 5.32 Å². The molecule has 0 aromatic carbocycles. The largest absolute Gasteiger partial charge is 0.455 e. The fraction of sp³-hybridized carbons (Fsp3) is 0.824. The summed E-state index contributed by atoms with van der Waals surface area (Å²) in [6, 6.07) is 0. The number of carbonyl (C=O) groups is 3. The van der Waals surface area contributed by atoms with Crippen molar-refractivity contribution in [2.45, 2.75) is 83.0 Å². The lowest BCUT2D eigenvalue weighted by Crippen LogP contribution is -2.58. The molecule has 0 spiro atoms. The predicted octanol–water partition coefficient (Wildman–Crippen LogP) is 1.69. The lowest BCUT2D eigenvalue weighted by Gasteiger charge is -2.40. The van der Waals surface area contributed by atoms with Crippen molar-refractivity contribution in [1.29, 1.82) is 0 Å². The normalized spacial score (nSPS) is 25.4. The summed E-state index contributed by atoms with van der Waals surface area (Å²) in [5.41, 5.74) is 0. The van der Waals surface area contributed by atoms with Crippen molar-refractivity contribution in [2.24, 2.45) is 0 Å². The van der Waals surface area contributed by atoms with Crippen molar-refractivity contribution in [2.75, 3.05) is 6.61 Å². The average molecular weight is 391 g/mol. The van der Waals surface area contributed by atoms with E-state index in [0.29, 0.717) is 25.7 Å². The molecule has 0 bridgehead atoms. The van der Waals surface area contributed by atoms with Crippen LogP contribution in [0.5, 0.6) is 0 Å². The van der Waals surface area contributed by atoms with Crippen LogP contribution >= 0.6 is 12.0 Å². The van der Waals surface area contributed by atoms with Crippen LogP contribution in [0.2, 0.25) is 0 Å². The summed E-state index contributed by atoms with van der Waals surface area (Å²) in [5, 5.41) is 11.6. The molecule has 0 aromatic heterocycles. The van der Waals surface area contributed by atoms with Gasteiger partial charge in [-0.05, 0) is 19.3 Å². The van der Waals surface area contributed by atoms with Crippen LogP contribution in [-0.4, -0.2) is 53.2 Å². The molecule has 0 saturated carbocycles. The zero-order chi connectivity index (χ0) is 19.5. The third-order valence-corrected chi connectivity index (χ3v) is 4.63. The van der Waals surface area contributed by atoms with Crippen molar-refractivity contribution in [3.63, 3.8) is 0 Å². The van der Waals surface area contributed by atoms with Gasteiger partial charge < -0.3 is 24.1 Å². The van der Waals surface area contributed by atoms with Crippen LogP contribution in [0.25, 0.3) is 0 Å². The van der Waals surface area contributed by atoms with Gasteiger partial charge in [0.15, 0.2) is 12.2 Å². The van der Waals surface area contributed by atoms with E-state index in [1.165, 1.54) is 0 Å². The van der Waals surface area contributed by atoms with Crippen LogP contribution in [0.3, 0.4) is 0 Å². The Morgan fingerprint density at radius 1 is 0.962 bits per heavy atom. The molecule has 0 aromatic rings. The molecule has 26 heavy (non-hydrogen) atoms. The number of amides is 1. The average Bonchev–Trinajstić information content (AvgIpc) is 2.58. The summed E-state index contributed by atoms with van der Waals surface area (Å²) in [6.45, 7) is 5.15. The van der Waals surface area contributed by atoms with Crippen molar-refractivity contribution < 1.29 is 33.1 Å². The first kappa shape index (κ1) is 22.7. The van der Waals surface area contributed by atoms with Crippen molar-refractivity contribution in [3.05, 3.63) is 0 Å². The zero-order valence-electron chi connectivity index (χ0n) is 15.6. The highest BCUT2D eigenvalue weighted by Crippen LogP contribution is 2.32. The summed E-state index contributed by atoms with van der Waals surface area (Å²) >= 11 is 0.902. The highest BCUT2D eigenvalue weighted by atomic mass is 32.2. The molecule has 1 amide bonds. The van der Waals surface area contributed by atoms with E-state index in [2.05, 4.69) is 5.32 Å². The van der Waals surface area contributed by atoms with E-state index >= 15 is 0 Å². The van der Waals surface area contributed by atoms with Gasteiger partial charge in [0, 0.05) is 31.3 Å². The Bertz CT molecular complexity index is 474. The lowest BCUT2D eigenvalue weighted by atomic mass is 10.1. The number of aliphatic hydroxyl groups excluding tert-OH is 1.